The first kappa shape index (κ1) is 19.3. The van der Waals surface area contributed by atoms with Crippen LogP contribution in [0.25, 0.3) is 0 Å². The summed E-state index contributed by atoms with van der Waals surface area (Å²) < 4.78 is 3.78. The molecule has 1 aliphatic heterocycles. The Hall–Kier alpha value is -2.44. The van der Waals surface area contributed by atoms with E-state index < -0.39 is 20.5 Å². The van der Waals surface area contributed by atoms with Crippen molar-refractivity contribution < 1.29 is 14.3 Å². The summed E-state index contributed by atoms with van der Waals surface area (Å²) in [6.45, 7) is 0. The topological polar surface area (TPSA) is 46.6 Å². The molecule has 2 amide bonds. The molecule has 1 heterocycles. The van der Waals surface area contributed by atoms with Gasteiger partial charge in [-0.15, -0.1) is 0 Å². The van der Waals surface area contributed by atoms with Crippen molar-refractivity contribution in [2.24, 2.45) is 11.8 Å². The van der Waals surface area contributed by atoms with E-state index >= 15 is 0 Å². The fourth-order valence-corrected chi connectivity index (χ4v) is 7.97. The van der Waals surface area contributed by atoms with Crippen molar-refractivity contribution >= 4 is 49.4 Å². The lowest BCUT2D eigenvalue weighted by molar-refractivity contribution is -0.122. The molecular formula is C25H17Br2NO3. The molecule has 7 rings (SSSR count). The number of alkyl halides is 2. The molecule has 0 radical (unpaired) electrons. The second-order valence-corrected chi connectivity index (χ2v) is 10.7. The van der Waals surface area contributed by atoms with Gasteiger partial charge in [0.05, 0.1) is 33.3 Å². The number of ether oxygens (including phenoxy) is 1. The van der Waals surface area contributed by atoms with Gasteiger partial charge in [0.2, 0.25) is 11.8 Å². The number of methoxy groups -OCH3 is 1. The van der Waals surface area contributed by atoms with Crippen molar-refractivity contribution in [3.63, 3.8) is 0 Å². The number of rotatable bonds is 2. The van der Waals surface area contributed by atoms with Crippen molar-refractivity contribution in [3.05, 3.63) is 95.1 Å². The Balaban J connectivity index is 1.64. The zero-order valence-corrected chi connectivity index (χ0v) is 19.7. The first-order valence-corrected chi connectivity index (χ1v) is 11.6. The third-order valence-electron chi connectivity index (χ3n) is 6.90. The number of hydrogen-bond acceptors (Lipinski definition) is 3. The summed E-state index contributed by atoms with van der Waals surface area (Å²) in [6.07, 6.45) is 0. The molecule has 3 aliphatic carbocycles. The standard InChI is InChI=1S/C25H17Br2NO3/c1-31-15-8-6-7-14(13-15)28-22(29)20-21(23(28)30)25(27)17-10-3-2-9-16(17)24(20,26)18-11-4-5-12-19(18)25/h2-13,20-21H,1H3/t20-,21-,24?,25?/m0/s1. The highest BCUT2D eigenvalue weighted by Crippen LogP contribution is 2.70. The number of imide groups is 1. The zero-order chi connectivity index (χ0) is 21.5. The van der Waals surface area contributed by atoms with Crippen LogP contribution < -0.4 is 9.64 Å². The normalized spacial score (nSPS) is 30.1. The maximum atomic E-state index is 13.9. The largest absolute Gasteiger partial charge is 0.497 e. The number of nitrogens with zero attached hydrogens (tertiary/aromatic N) is 1. The summed E-state index contributed by atoms with van der Waals surface area (Å²) in [4.78, 5) is 29.2. The molecule has 0 saturated carbocycles. The minimum Gasteiger partial charge on any atom is -0.497 e. The summed E-state index contributed by atoms with van der Waals surface area (Å²) >= 11 is 8.02. The van der Waals surface area contributed by atoms with Gasteiger partial charge in [-0.05, 0) is 34.4 Å². The maximum absolute atomic E-state index is 13.9. The summed E-state index contributed by atoms with van der Waals surface area (Å²) in [5.74, 6) is -0.948. The lowest BCUT2D eigenvalue weighted by Gasteiger charge is -2.55. The molecule has 6 heteroatoms. The Labute approximate surface area is 196 Å². The summed E-state index contributed by atoms with van der Waals surface area (Å²) in [7, 11) is 1.57. The molecule has 3 aromatic carbocycles. The van der Waals surface area contributed by atoms with E-state index in [1.807, 2.05) is 24.3 Å². The molecule has 0 unspecified atom stereocenters. The molecule has 3 aromatic rings. The number of carbonyl (C=O) groups is 2. The highest BCUT2D eigenvalue weighted by molar-refractivity contribution is 9.10. The molecule has 0 N–H and O–H groups in total. The van der Waals surface area contributed by atoms with Gasteiger partial charge in [0, 0.05) is 6.07 Å². The average Bonchev–Trinajstić information content (AvgIpc) is 3.08. The first-order valence-electron chi connectivity index (χ1n) is 10.0. The van der Waals surface area contributed by atoms with Crippen LogP contribution in [0.15, 0.2) is 72.8 Å². The molecule has 154 valence electrons. The summed E-state index contributed by atoms with van der Waals surface area (Å²) in [5, 5.41) is 0. The maximum Gasteiger partial charge on any atom is 0.239 e. The number of anilines is 1. The number of halogens is 2. The van der Waals surface area contributed by atoms with Crippen LogP contribution in [-0.4, -0.2) is 18.9 Å². The average molecular weight is 539 g/mol. The van der Waals surface area contributed by atoms with Crippen molar-refractivity contribution in [1.82, 2.24) is 0 Å². The van der Waals surface area contributed by atoms with E-state index in [-0.39, 0.29) is 11.8 Å². The second-order valence-electron chi connectivity index (χ2n) is 8.18. The predicted molar refractivity (Wildman–Crippen MR) is 125 cm³/mol. The van der Waals surface area contributed by atoms with Gasteiger partial charge in [-0.2, -0.15) is 0 Å². The molecule has 4 nitrogen and oxygen atoms in total. The van der Waals surface area contributed by atoms with Gasteiger partial charge >= 0.3 is 0 Å². The molecule has 1 fully saturated rings. The van der Waals surface area contributed by atoms with Crippen LogP contribution in [0, 0.1) is 11.8 Å². The Kier molecular flexibility index (Phi) is 3.91. The molecular weight excluding hydrogens is 522 g/mol. The van der Waals surface area contributed by atoms with Crippen LogP contribution in [0.3, 0.4) is 0 Å². The Morgan fingerprint density at radius 1 is 0.742 bits per heavy atom. The van der Waals surface area contributed by atoms with E-state index in [2.05, 4.69) is 56.1 Å². The van der Waals surface area contributed by atoms with E-state index in [4.69, 9.17) is 4.74 Å². The minimum absolute atomic E-state index is 0.201. The van der Waals surface area contributed by atoms with E-state index in [9.17, 15) is 9.59 Å². The molecule has 31 heavy (non-hydrogen) atoms. The first-order chi connectivity index (χ1) is 14.9. The van der Waals surface area contributed by atoms with Gasteiger partial charge in [-0.25, -0.2) is 4.90 Å². The van der Waals surface area contributed by atoms with E-state index in [0.717, 1.165) is 22.3 Å². The number of hydrogen-bond donors (Lipinski definition) is 0. The fraction of sp³-hybridized carbons (Fsp3) is 0.200. The Morgan fingerprint density at radius 3 is 1.61 bits per heavy atom. The second kappa shape index (κ2) is 6.30. The van der Waals surface area contributed by atoms with E-state index in [1.54, 1.807) is 31.4 Å². The van der Waals surface area contributed by atoms with Gasteiger partial charge in [-0.3, -0.25) is 9.59 Å². The fourth-order valence-electron chi connectivity index (χ4n) is 5.67. The monoisotopic (exact) mass is 537 g/mol. The number of carbonyl (C=O) groups excluding carboxylic acids is 2. The van der Waals surface area contributed by atoms with Crippen molar-refractivity contribution in [2.45, 2.75) is 8.65 Å². The van der Waals surface area contributed by atoms with E-state index in [0.29, 0.717) is 11.4 Å². The molecule has 2 bridgehead atoms. The third-order valence-corrected chi connectivity index (χ3v) is 9.59. The third kappa shape index (κ3) is 2.15. The minimum atomic E-state index is -0.777. The molecule has 1 saturated heterocycles. The molecule has 4 aliphatic rings. The summed E-state index contributed by atoms with van der Waals surface area (Å²) in [6, 6.07) is 23.3. The van der Waals surface area contributed by atoms with Gasteiger partial charge in [0.15, 0.2) is 0 Å². The van der Waals surface area contributed by atoms with Crippen LogP contribution in [0.2, 0.25) is 0 Å². The van der Waals surface area contributed by atoms with Crippen molar-refractivity contribution in [2.75, 3.05) is 12.0 Å². The molecule has 0 spiro atoms. The Morgan fingerprint density at radius 2 is 1.19 bits per heavy atom. The van der Waals surface area contributed by atoms with Crippen molar-refractivity contribution in [3.8, 4) is 5.75 Å². The smallest absolute Gasteiger partial charge is 0.239 e. The lowest BCUT2D eigenvalue weighted by atomic mass is 9.54. The van der Waals surface area contributed by atoms with E-state index in [1.165, 1.54) is 4.90 Å². The van der Waals surface area contributed by atoms with Crippen LogP contribution >= 0.6 is 31.9 Å². The summed E-state index contributed by atoms with van der Waals surface area (Å²) in [5.41, 5.74) is 4.64. The SMILES string of the molecule is COc1cccc(N2C(=O)[C@@H]3[C@@H](C2=O)C2(Br)c4ccccc4C3(Br)c3ccccc32)c1. The number of benzene rings is 3. The van der Waals surface area contributed by atoms with Gasteiger partial charge < -0.3 is 4.74 Å². The van der Waals surface area contributed by atoms with Gasteiger partial charge in [-0.1, -0.05) is 86.5 Å². The molecule has 0 aromatic heterocycles. The predicted octanol–water partition coefficient (Wildman–Crippen LogP) is 5.11. The number of amides is 2. The highest BCUT2D eigenvalue weighted by Gasteiger charge is 2.72. The zero-order valence-electron chi connectivity index (χ0n) is 16.5. The van der Waals surface area contributed by atoms with Crippen LogP contribution in [0.5, 0.6) is 5.75 Å². The molecule has 2 atom stereocenters. The Bertz CT molecular complexity index is 1170. The lowest BCUT2D eigenvalue weighted by Crippen LogP contribution is -2.56. The van der Waals surface area contributed by atoms with Gasteiger partial charge in [0.25, 0.3) is 0 Å². The quantitative estimate of drug-likeness (QED) is 0.336. The van der Waals surface area contributed by atoms with Crippen LogP contribution in [-0.2, 0) is 18.2 Å². The van der Waals surface area contributed by atoms with Crippen LogP contribution in [0.1, 0.15) is 22.3 Å². The highest BCUT2D eigenvalue weighted by atomic mass is 79.9. The van der Waals surface area contributed by atoms with Crippen LogP contribution in [0.4, 0.5) is 5.69 Å². The van der Waals surface area contributed by atoms with Crippen molar-refractivity contribution in [1.29, 1.82) is 0 Å². The van der Waals surface area contributed by atoms with Gasteiger partial charge in [0.1, 0.15) is 5.75 Å².